The second-order valence-electron chi connectivity index (χ2n) is 7.04. The molecular weight excluding hydrogens is 407 g/mol. The zero-order valence-electron chi connectivity index (χ0n) is 16.5. The van der Waals surface area contributed by atoms with Crippen LogP contribution in [0, 0.1) is 11.7 Å². The molecule has 0 bridgehead atoms. The minimum Gasteiger partial charge on any atom is -0.478 e. The zero-order chi connectivity index (χ0) is 21.7. The third kappa shape index (κ3) is 5.44. The predicted octanol–water partition coefficient (Wildman–Crippen LogP) is 4.17. The highest BCUT2D eigenvalue weighted by Gasteiger charge is 2.17. The third-order valence-corrected chi connectivity index (χ3v) is 5.06. The zero-order valence-corrected chi connectivity index (χ0v) is 17.3. The number of nitrogens with zero attached hydrogens (tertiary/aromatic N) is 3. The van der Waals surface area contributed by atoms with Crippen LogP contribution >= 0.6 is 11.8 Å². The quantitative estimate of drug-likeness (QED) is 0.523. The van der Waals surface area contributed by atoms with Crippen molar-refractivity contribution >= 4 is 29.3 Å². The molecule has 0 spiro atoms. The molecule has 0 radical (unpaired) electrons. The van der Waals surface area contributed by atoms with Gasteiger partial charge in [0.2, 0.25) is 5.91 Å². The van der Waals surface area contributed by atoms with E-state index in [1.807, 2.05) is 4.57 Å². The van der Waals surface area contributed by atoms with Gasteiger partial charge in [0.05, 0.1) is 11.3 Å². The van der Waals surface area contributed by atoms with Gasteiger partial charge in [0.15, 0.2) is 11.0 Å². The first-order valence-electron chi connectivity index (χ1n) is 9.28. The van der Waals surface area contributed by atoms with Gasteiger partial charge in [-0.15, -0.1) is 10.2 Å². The lowest BCUT2D eigenvalue weighted by Crippen LogP contribution is -2.15. The molecule has 0 fully saturated rings. The lowest BCUT2D eigenvalue weighted by molar-refractivity contribution is -0.113. The minimum atomic E-state index is -1.03. The van der Waals surface area contributed by atoms with Gasteiger partial charge < -0.3 is 15.0 Å². The summed E-state index contributed by atoms with van der Waals surface area (Å²) in [5.74, 6) is -0.685. The largest absolute Gasteiger partial charge is 0.478 e. The van der Waals surface area contributed by atoms with Crippen LogP contribution in [0.25, 0.3) is 11.4 Å². The highest BCUT2D eigenvalue weighted by atomic mass is 32.2. The van der Waals surface area contributed by atoms with Crippen molar-refractivity contribution in [1.82, 2.24) is 14.8 Å². The van der Waals surface area contributed by atoms with Crippen molar-refractivity contribution in [2.45, 2.75) is 25.5 Å². The van der Waals surface area contributed by atoms with Crippen molar-refractivity contribution < 1.29 is 19.1 Å². The van der Waals surface area contributed by atoms with Crippen molar-refractivity contribution in [2.75, 3.05) is 11.1 Å². The fourth-order valence-electron chi connectivity index (χ4n) is 2.79. The Balaban J connectivity index is 1.71. The summed E-state index contributed by atoms with van der Waals surface area (Å²) in [6.45, 7) is 4.73. The van der Waals surface area contributed by atoms with Crippen LogP contribution in [0.15, 0.2) is 53.7 Å². The Kier molecular flexibility index (Phi) is 6.83. The van der Waals surface area contributed by atoms with Gasteiger partial charge in [-0.1, -0.05) is 37.7 Å². The molecule has 9 heteroatoms. The number of hydrogen-bond acceptors (Lipinski definition) is 5. The van der Waals surface area contributed by atoms with Crippen LogP contribution in [0.1, 0.15) is 24.2 Å². The maximum atomic E-state index is 13.6. The van der Waals surface area contributed by atoms with Crippen molar-refractivity contribution in [1.29, 1.82) is 0 Å². The van der Waals surface area contributed by atoms with Crippen molar-refractivity contribution in [3.05, 3.63) is 59.9 Å². The highest BCUT2D eigenvalue weighted by molar-refractivity contribution is 7.99. The Labute approximate surface area is 177 Å². The Hall–Kier alpha value is -3.20. The molecule has 2 aromatic carbocycles. The van der Waals surface area contributed by atoms with E-state index in [1.165, 1.54) is 48.2 Å². The SMILES string of the molecule is CC(C)Cn1c(SCC(=O)Nc2ccc(C(=O)O)cc2)nnc1-c1cccc(F)c1. The topological polar surface area (TPSA) is 97.1 Å². The van der Waals surface area contributed by atoms with E-state index in [9.17, 15) is 14.0 Å². The first kappa shape index (κ1) is 21.5. The van der Waals surface area contributed by atoms with E-state index in [-0.39, 0.29) is 23.0 Å². The number of carbonyl (C=O) groups excluding carboxylic acids is 1. The first-order valence-corrected chi connectivity index (χ1v) is 10.3. The smallest absolute Gasteiger partial charge is 0.335 e. The molecule has 0 saturated carbocycles. The molecule has 1 heterocycles. The molecule has 3 aromatic rings. The fourth-order valence-corrected chi connectivity index (χ4v) is 3.54. The number of aromatic nitrogens is 3. The molecule has 0 atom stereocenters. The summed E-state index contributed by atoms with van der Waals surface area (Å²) in [7, 11) is 0. The molecule has 0 aliphatic carbocycles. The van der Waals surface area contributed by atoms with Gasteiger partial charge in [-0.3, -0.25) is 4.79 Å². The monoisotopic (exact) mass is 428 g/mol. The van der Waals surface area contributed by atoms with E-state index >= 15 is 0 Å². The summed E-state index contributed by atoms with van der Waals surface area (Å²) >= 11 is 1.23. The van der Waals surface area contributed by atoms with Crippen LogP contribution in [0.5, 0.6) is 0 Å². The Morgan fingerprint density at radius 2 is 1.90 bits per heavy atom. The summed E-state index contributed by atoms with van der Waals surface area (Å²) < 4.78 is 15.5. The molecule has 2 N–H and O–H groups in total. The Morgan fingerprint density at radius 1 is 1.17 bits per heavy atom. The van der Waals surface area contributed by atoms with Crippen LogP contribution in [-0.4, -0.2) is 37.5 Å². The van der Waals surface area contributed by atoms with Crippen LogP contribution in [0.4, 0.5) is 10.1 Å². The molecule has 1 aromatic heterocycles. The average Bonchev–Trinajstić information content (AvgIpc) is 3.08. The van der Waals surface area contributed by atoms with Gasteiger partial charge in [-0.25, -0.2) is 9.18 Å². The maximum Gasteiger partial charge on any atom is 0.335 e. The van der Waals surface area contributed by atoms with E-state index in [2.05, 4.69) is 29.4 Å². The van der Waals surface area contributed by atoms with Crippen LogP contribution in [0.3, 0.4) is 0 Å². The lowest BCUT2D eigenvalue weighted by Gasteiger charge is -2.12. The number of nitrogens with one attached hydrogen (secondary N) is 1. The number of carboxylic acid groups (broad SMARTS) is 1. The van der Waals surface area contributed by atoms with Crippen LogP contribution < -0.4 is 5.32 Å². The lowest BCUT2D eigenvalue weighted by atomic mass is 10.2. The summed E-state index contributed by atoms with van der Waals surface area (Å²) in [5.41, 5.74) is 1.28. The number of halogens is 1. The molecule has 30 heavy (non-hydrogen) atoms. The summed E-state index contributed by atoms with van der Waals surface area (Å²) in [5, 5.41) is 20.6. The van der Waals surface area contributed by atoms with E-state index in [0.717, 1.165) is 0 Å². The normalized spacial score (nSPS) is 10.9. The molecule has 0 saturated heterocycles. The van der Waals surface area contributed by atoms with Gasteiger partial charge in [0, 0.05) is 17.8 Å². The summed E-state index contributed by atoms with van der Waals surface area (Å²) in [6.07, 6.45) is 0. The molecule has 156 valence electrons. The van der Waals surface area contributed by atoms with Gasteiger partial charge >= 0.3 is 5.97 Å². The fraction of sp³-hybridized carbons (Fsp3) is 0.238. The van der Waals surface area contributed by atoms with Crippen molar-refractivity contribution in [2.24, 2.45) is 5.92 Å². The van der Waals surface area contributed by atoms with Crippen molar-refractivity contribution in [3.63, 3.8) is 0 Å². The molecule has 0 aliphatic heterocycles. The van der Waals surface area contributed by atoms with E-state index in [1.54, 1.807) is 12.1 Å². The van der Waals surface area contributed by atoms with Crippen molar-refractivity contribution in [3.8, 4) is 11.4 Å². The van der Waals surface area contributed by atoms with Gasteiger partial charge in [-0.2, -0.15) is 0 Å². The molecule has 3 rings (SSSR count). The second-order valence-corrected chi connectivity index (χ2v) is 7.98. The average molecular weight is 428 g/mol. The molecule has 7 nitrogen and oxygen atoms in total. The third-order valence-electron chi connectivity index (χ3n) is 4.10. The second kappa shape index (κ2) is 9.53. The van der Waals surface area contributed by atoms with Crippen LogP contribution in [0.2, 0.25) is 0 Å². The number of carbonyl (C=O) groups is 2. The molecule has 1 amide bonds. The number of hydrogen-bond donors (Lipinski definition) is 2. The van der Waals surface area contributed by atoms with Gasteiger partial charge in [0.25, 0.3) is 0 Å². The first-order chi connectivity index (χ1) is 14.3. The number of carboxylic acids is 1. The van der Waals surface area contributed by atoms with Crippen LogP contribution in [-0.2, 0) is 11.3 Å². The number of aromatic carboxylic acids is 1. The minimum absolute atomic E-state index is 0.0973. The number of thioether (sulfide) groups is 1. The number of rotatable bonds is 8. The number of amides is 1. The van der Waals surface area contributed by atoms with E-state index in [0.29, 0.717) is 34.7 Å². The Morgan fingerprint density at radius 3 is 2.53 bits per heavy atom. The van der Waals surface area contributed by atoms with E-state index < -0.39 is 5.97 Å². The number of anilines is 1. The Bertz CT molecular complexity index is 1050. The highest BCUT2D eigenvalue weighted by Crippen LogP contribution is 2.26. The molecular formula is C21H21FN4O3S. The molecule has 0 unspecified atom stereocenters. The summed E-state index contributed by atoms with van der Waals surface area (Å²) in [6, 6.07) is 12.1. The standard InChI is InChI=1S/C21H21FN4O3S/c1-13(2)11-26-19(15-4-3-5-16(22)10-15)24-25-21(26)30-12-18(27)23-17-8-6-14(7-9-17)20(28)29/h3-10,13H,11-12H2,1-2H3,(H,23,27)(H,28,29). The van der Waals surface area contributed by atoms with Gasteiger partial charge in [0.1, 0.15) is 5.82 Å². The molecule has 0 aliphatic rings. The number of benzene rings is 2. The summed E-state index contributed by atoms with van der Waals surface area (Å²) in [4.78, 5) is 23.2. The van der Waals surface area contributed by atoms with Gasteiger partial charge in [-0.05, 0) is 42.3 Å². The predicted molar refractivity (Wildman–Crippen MR) is 113 cm³/mol. The maximum absolute atomic E-state index is 13.6. The van der Waals surface area contributed by atoms with E-state index in [4.69, 9.17) is 5.11 Å².